The van der Waals surface area contributed by atoms with E-state index in [1.54, 1.807) is 0 Å². The van der Waals surface area contributed by atoms with Crippen LogP contribution in [0, 0.1) is 0 Å². The van der Waals surface area contributed by atoms with Gasteiger partial charge in [-0.25, -0.2) is 0 Å². The molecule has 3 aliphatic rings. The Morgan fingerprint density at radius 3 is 2.95 bits per heavy atom. The highest BCUT2D eigenvalue weighted by Crippen LogP contribution is 2.26. The van der Waals surface area contributed by atoms with Crippen molar-refractivity contribution in [1.29, 1.82) is 0 Å². The van der Waals surface area contributed by atoms with Crippen molar-refractivity contribution in [1.82, 2.24) is 10.2 Å². The van der Waals surface area contributed by atoms with Crippen molar-refractivity contribution in [3.63, 3.8) is 0 Å². The lowest BCUT2D eigenvalue weighted by Crippen LogP contribution is -2.51. The third kappa shape index (κ3) is 3.30. The summed E-state index contributed by atoms with van der Waals surface area (Å²) in [6, 6.07) is 0.133. The van der Waals surface area contributed by atoms with E-state index in [9.17, 15) is 9.90 Å². The summed E-state index contributed by atoms with van der Waals surface area (Å²) >= 11 is 1.92. The molecule has 1 amide bonds. The first-order chi connectivity index (χ1) is 9.74. The Kier molecular flexibility index (Phi) is 4.86. The third-order valence-corrected chi connectivity index (χ3v) is 5.60. The highest BCUT2D eigenvalue weighted by atomic mass is 32.2. The van der Waals surface area contributed by atoms with Gasteiger partial charge in [0.05, 0.1) is 18.2 Å². The van der Waals surface area contributed by atoms with Gasteiger partial charge in [-0.05, 0) is 31.4 Å². The zero-order chi connectivity index (χ0) is 13.9. The van der Waals surface area contributed by atoms with E-state index in [4.69, 9.17) is 4.74 Å². The molecule has 0 aromatic rings. The number of β-amino-alcohol motifs (C(OH)–C–C–N with tert-alkyl or cyclic N) is 1. The standard InChI is InChI=1S/C14H24N2O3S/c17-11-6-13(15-7-11)14(18)16(10-3-5-20-9-10)8-12-2-1-4-19-12/h10-13,15,17H,1-9H2. The van der Waals surface area contributed by atoms with Crippen molar-refractivity contribution >= 4 is 17.7 Å². The molecule has 0 aromatic carbocycles. The first kappa shape index (κ1) is 14.6. The molecule has 6 heteroatoms. The number of carbonyl (C=O) groups is 1. The van der Waals surface area contributed by atoms with Gasteiger partial charge in [-0.15, -0.1) is 0 Å². The summed E-state index contributed by atoms with van der Waals surface area (Å²) in [5.74, 6) is 2.33. The lowest BCUT2D eigenvalue weighted by Gasteiger charge is -2.32. The Labute approximate surface area is 124 Å². The summed E-state index contributed by atoms with van der Waals surface area (Å²) < 4.78 is 5.71. The second-order valence-corrected chi connectivity index (χ2v) is 7.14. The normalized spacial score (nSPS) is 37.5. The molecule has 114 valence electrons. The van der Waals surface area contributed by atoms with Crippen molar-refractivity contribution in [3.8, 4) is 0 Å². The maximum atomic E-state index is 12.8. The number of nitrogens with zero attached hydrogens (tertiary/aromatic N) is 1. The quantitative estimate of drug-likeness (QED) is 0.778. The monoisotopic (exact) mass is 300 g/mol. The zero-order valence-corrected chi connectivity index (χ0v) is 12.6. The molecule has 0 saturated carbocycles. The van der Waals surface area contributed by atoms with Crippen molar-refractivity contribution in [2.45, 2.75) is 50.0 Å². The Bertz CT molecular complexity index is 343. The molecule has 3 saturated heterocycles. The fourth-order valence-corrected chi connectivity index (χ4v) is 4.52. The van der Waals surface area contributed by atoms with Gasteiger partial charge >= 0.3 is 0 Å². The lowest BCUT2D eigenvalue weighted by molar-refractivity contribution is -0.136. The number of hydrogen-bond acceptors (Lipinski definition) is 5. The summed E-state index contributed by atoms with van der Waals surface area (Å²) in [4.78, 5) is 14.8. The van der Waals surface area contributed by atoms with Crippen molar-refractivity contribution < 1.29 is 14.6 Å². The Morgan fingerprint density at radius 2 is 2.35 bits per heavy atom. The van der Waals surface area contributed by atoms with Gasteiger partial charge in [0.2, 0.25) is 5.91 Å². The fraction of sp³-hybridized carbons (Fsp3) is 0.929. The molecular weight excluding hydrogens is 276 g/mol. The van der Waals surface area contributed by atoms with E-state index in [0.717, 1.165) is 43.9 Å². The predicted octanol–water partition coefficient (Wildman–Crippen LogP) is 0.222. The van der Waals surface area contributed by atoms with E-state index in [2.05, 4.69) is 5.32 Å². The summed E-state index contributed by atoms with van der Waals surface area (Å²) in [7, 11) is 0. The first-order valence-electron chi connectivity index (χ1n) is 7.65. The van der Waals surface area contributed by atoms with Crippen LogP contribution in [0.2, 0.25) is 0 Å². The van der Waals surface area contributed by atoms with Gasteiger partial charge in [-0.2, -0.15) is 11.8 Å². The molecule has 0 radical (unpaired) electrons. The topological polar surface area (TPSA) is 61.8 Å². The van der Waals surface area contributed by atoms with E-state index in [1.165, 1.54) is 0 Å². The number of aliphatic hydroxyl groups excluding tert-OH is 1. The molecule has 4 unspecified atom stereocenters. The van der Waals surface area contributed by atoms with Gasteiger partial charge in [0, 0.05) is 31.5 Å². The SMILES string of the molecule is O=C(C1CC(O)CN1)N(CC1CCCO1)C1CCSC1. The number of hydrogen-bond donors (Lipinski definition) is 2. The minimum Gasteiger partial charge on any atom is -0.392 e. The van der Waals surface area contributed by atoms with Crippen LogP contribution in [0.3, 0.4) is 0 Å². The highest BCUT2D eigenvalue weighted by molar-refractivity contribution is 7.99. The number of amides is 1. The van der Waals surface area contributed by atoms with Gasteiger partial charge in [0.25, 0.3) is 0 Å². The van der Waals surface area contributed by atoms with Crippen LogP contribution in [0.25, 0.3) is 0 Å². The van der Waals surface area contributed by atoms with Crippen LogP contribution >= 0.6 is 11.8 Å². The van der Waals surface area contributed by atoms with Crippen LogP contribution in [0.15, 0.2) is 0 Å². The fourth-order valence-electron chi connectivity index (χ4n) is 3.30. The number of carbonyl (C=O) groups excluding carboxylic acids is 1. The maximum absolute atomic E-state index is 12.8. The average molecular weight is 300 g/mol. The summed E-state index contributed by atoms with van der Waals surface area (Å²) in [5.41, 5.74) is 0. The minimum atomic E-state index is -0.383. The lowest BCUT2D eigenvalue weighted by atomic mass is 10.1. The number of ether oxygens (including phenoxy) is 1. The Balaban J connectivity index is 1.65. The summed E-state index contributed by atoms with van der Waals surface area (Å²) in [6.07, 6.45) is 3.61. The van der Waals surface area contributed by atoms with Gasteiger partial charge in [0.15, 0.2) is 0 Å². The van der Waals surface area contributed by atoms with Gasteiger partial charge in [-0.1, -0.05) is 0 Å². The van der Waals surface area contributed by atoms with Crippen LogP contribution in [0.5, 0.6) is 0 Å². The smallest absolute Gasteiger partial charge is 0.240 e. The molecule has 4 atom stereocenters. The molecule has 3 rings (SSSR count). The van der Waals surface area contributed by atoms with E-state index < -0.39 is 0 Å². The van der Waals surface area contributed by atoms with Gasteiger partial charge in [-0.3, -0.25) is 4.79 Å². The number of nitrogens with one attached hydrogen (secondary N) is 1. The largest absolute Gasteiger partial charge is 0.392 e. The minimum absolute atomic E-state index is 0.157. The molecule has 20 heavy (non-hydrogen) atoms. The molecule has 3 aliphatic heterocycles. The summed E-state index contributed by atoms with van der Waals surface area (Å²) in [6.45, 7) is 2.08. The molecular formula is C14H24N2O3S. The molecule has 2 N–H and O–H groups in total. The van der Waals surface area contributed by atoms with Gasteiger partial charge in [0.1, 0.15) is 0 Å². The van der Waals surface area contributed by atoms with E-state index in [-0.39, 0.29) is 24.2 Å². The molecule has 3 fully saturated rings. The molecule has 0 bridgehead atoms. The average Bonchev–Trinajstić information content (AvgIpc) is 3.17. The molecule has 3 heterocycles. The highest BCUT2D eigenvalue weighted by Gasteiger charge is 2.36. The zero-order valence-electron chi connectivity index (χ0n) is 11.8. The van der Waals surface area contributed by atoms with Crippen molar-refractivity contribution in [3.05, 3.63) is 0 Å². The van der Waals surface area contributed by atoms with Crippen molar-refractivity contribution in [2.24, 2.45) is 0 Å². The van der Waals surface area contributed by atoms with E-state index >= 15 is 0 Å². The predicted molar refractivity (Wildman–Crippen MR) is 78.8 cm³/mol. The van der Waals surface area contributed by atoms with E-state index in [0.29, 0.717) is 19.0 Å². The Hall–Kier alpha value is -0.300. The van der Waals surface area contributed by atoms with Crippen LogP contribution in [0.4, 0.5) is 0 Å². The molecule has 5 nitrogen and oxygen atoms in total. The number of aliphatic hydroxyl groups is 1. The second-order valence-electron chi connectivity index (χ2n) is 5.99. The maximum Gasteiger partial charge on any atom is 0.240 e. The number of thioether (sulfide) groups is 1. The number of rotatable bonds is 4. The van der Waals surface area contributed by atoms with Crippen LogP contribution in [-0.2, 0) is 9.53 Å². The summed E-state index contributed by atoms with van der Waals surface area (Å²) in [5, 5.41) is 12.8. The Morgan fingerprint density at radius 1 is 1.45 bits per heavy atom. The van der Waals surface area contributed by atoms with E-state index in [1.807, 2.05) is 16.7 Å². The first-order valence-corrected chi connectivity index (χ1v) is 8.81. The molecule has 0 aromatic heterocycles. The van der Waals surface area contributed by atoms with Crippen LogP contribution in [0.1, 0.15) is 25.7 Å². The van der Waals surface area contributed by atoms with Gasteiger partial charge < -0.3 is 20.1 Å². The molecule has 0 spiro atoms. The van der Waals surface area contributed by atoms with Crippen molar-refractivity contribution in [2.75, 3.05) is 31.2 Å². The second kappa shape index (κ2) is 6.64. The van der Waals surface area contributed by atoms with Crippen LogP contribution < -0.4 is 5.32 Å². The third-order valence-electron chi connectivity index (χ3n) is 4.46. The molecule has 0 aliphatic carbocycles. The van der Waals surface area contributed by atoms with Crippen LogP contribution in [-0.4, -0.2) is 71.4 Å².